The fourth-order valence-corrected chi connectivity index (χ4v) is 6.53. The van der Waals surface area contributed by atoms with Gasteiger partial charge < -0.3 is 25.6 Å². The van der Waals surface area contributed by atoms with E-state index < -0.39 is 47.2 Å². The van der Waals surface area contributed by atoms with Gasteiger partial charge in [0.15, 0.2) is 6.04 Å². The van der Waals surface area contributed by atoms with Crippen molar-refractivity contribution < 1.29 is 38.5 Å². The number of nitrogens with zero attached hydrogens (tertiary/aromatic N) is 1. The molecule has 0 bridgehead atoms. The van der Waals surface area contributed by atoms with Gasteiger partial charge in [0.25, 0.3) is 23.3 Å². The molecule has 0 radical (unpaired) electrons. The first-order chi connectivity index (χ1) is 19.8. The van der Waals surface area contributed by atoms with E-state index in [4.69, 9.17) is 16.2 Å². The molecule has 1 fully saturated rings. The Kier molecular flexibility index (Phi) is 6.31. The van der Waals surface area contributed by atoms with Crippen LogP contribution >= 0.6 is 0 Å². The summed E-state index contributed by atoms with van der Waals surface area (Å²) >= 11 is 0. The Bertz CT molecular complexity index is 1540. The summed E-state index contributed by atoms with van der Waals surface area (Å²) in [6, 6.07) is 7.82. The molecule has 4 aliphatic heterocycles. The molecule has 14 heteroatoms. The van der Waals surface area contributed by atoms with Crippen molar-refractivity contribution >= 4 is 23.7 Å². The van der Waals surface area contributed by atoms with E-state index in [-0.39, 0.29) is 41.6 Å². The largest absolute Gasteiger partial charge is 0.492 e. The zero-order valence-corrected chi connectivity index (χ0v) is 23.2. The summed E-state index contributed by atoms with van der Waals surface area (Å²) in [7, 11) is 0. The van der Waals surface area contributed by atoms with E-state index in [1.807, 2.05) is 6.07 Å². The maximum Gasteiger partial charge on any atom is 0.347 e. The van der Waals surface area contributed by atoms with Crippen LogP contribution in [-0.2, 0) is 5.41 Å². The fraction of sp³-hybridized carbons (Fsp3) is 0.429. The van der Waals surface area contributed by atoms with Crippen LogP contribution in [0.5, 0.6) is 5.75 Å². The number of hydrogen-bond acceptors (Lipinski definition) is 9. The Hall–Kier alpha value is -4.43. The predicted molar refractivity (Wildman–Crippen MR) is 148 cm³/mol. The van der Waals surface area contributed by atoms with Crippen LogP contribution < -0.4 is 42.5 Å². The molecule has 13 nitrogen and oxygen atoms in total. The third-order valence-corrected chi connectivity index (χ3v) is 8.79. The third kappa shape index (κ3) is 4.12. The first-order valence-corrected chi connectivity index (χ1v) is 13.7. The van der Waals surface area contributed by atoms with Crippen molar-refractivity contribution in [3.63, 3.8) is 0 Å². The lowest BCUT2D eigenvalue weighted by atomic mass is 9.79. The highest BCUT2D eigenvalue weighted by atomic mass is 19.1. The summed E-state index contributed by atoms with van der Waals surface area (Å²) < 4.78 is 21.0. The average Bonchev–Trinajstić information content (AvgIpc) is 3.40. The Morgan fingerprint density at radius 2 is 1.95 bits per heavy atom. The maximum atomic E-state index is 13.6. The molecule has 1 spiro atoms. The average molecular weight is 583 g/mol. The van der Waals surface area contributed by atoms with Gasteiger partial charge in [-0.15, -0.1) is 0 Å². The van der Waals surface area contributed by atoms with Crippen molar-refractivity contribution in [3.05, 3.63) is 65.0 Å². The van der Waals surface area contributed by atoms with Gasteiger partial charge in [-0.1, -0.05) is 32.0 Å². The van der Waals surface area contributed by atoms with Gasteiger partial charge in [-0.25, -0.2) is 14.3 Å². The molecule has 1 saturated heterocycles. The number of benzene rings is 2. The standard InChI is InChI=1S/C28H33FN8O5/c1-26(2)9-10-42-20-16(7-4-8-17(20)26)23(39)34-19-13-37-25(31)33-18(12-32-22(38)14-5-3-6-15(29)11-14)21-27(37,28(19,40)41)36-24(30)35-21/h3-8,11,18-19,21,40-41H,9-10,12-13H2,1-2H3,(H7,30,31,32,33,34,35,36,38,39)/p+2/t18-,19?,21-,27-/m0/s1. The van der Waals surface area contributed by atoms with Crippen LogP contribution in [0.4, 0.5) is 4.39 Å². The van der Waals surface area contributed by atoms with Gasteiger partial charge in [-0.05, 0) is 36.1 Å². The van der Waals surface area contributed by atoms with Gasteiger partial charge in [-0.3, -0.25) is 31.4 Å². The first-order valence-electron chi connectivity index (χ1n) is 13.7. The predicted octanol–water partition coefficient (Wildman–Crippen LogP) is -3.53. The van der Waals surface area contributed by atoms with Crippen LogP contribution in [0.2, 0.25) is 0 Å². The van der Waals surface area contributed by atoms with Crippen LogP contribution in [0.1, 0.15) is 46.5 Å². The first kappa shape index (κ1) is 27.7. The van der Waals surface area contributed by atoms with Crippen molar-refractivity contribution in [1.82, 2.24) is 21.3 Å². The van der Waals surface area contributed by atoms with Crippen LogP contribution in [0.15, 0.2) is 42.5 Å². The van der Waals surface area contributed by atoms with Crippen molar-refractivity contribution in [2.24, 2.45) is 11.5 Å². The van der Waals surface area contributed by atoms with Crippen LogP contribution in [-0.4, -0.2) is 87.8 Å². The second kappa shape index (κ2) is 9.56. The minimum Gasteiger partial charge on any atom is -0.492 e. The van der Waals surface area contributed by atoms with Crippen LogP contribution in [0.3, 0.4) is 0 Å². The summed E-state index contributed by atoms with van der Waals surface area (Å²) in [5, 5.41) is 35.0. The zero-order chi connectivity index (χ0) is 30.0. The van der Waals surface area contributed by atoms with E-state index in [2.05, 4.69) is 40.1 Å². The smallest absolute Gasteiger partial charge is 0.347 e. The van der Waals surface area contributed by atoms with Crippen molar-refractivity contribution in [1.29, 1.82) is 0 Å². The number of hydrogen-bond donors (Lipinski definition) is 9. The van der Waals surface area contributed by atoms with Gasteiger partial charge in [0.05, 0.1) is 25.3 Å². The topological polar surface area (TPSA) is 201 Å². The summed E-state index contributed by atoms with van der Waals surface area (Å²) in [6.07, 6.45) is 0.797. The number of nitrogens with two attached hydrogens (primary N) is 2. The molecule has 1 unspecified atom stereocenters. The fourth-order valence-electron chi connectivity index (χ4n) is 6.53. The Morgan fingerprint density at radius 3 is 2.71 bits per heavy atom. The molecule has 4 aliphatic rings. The molecule has 2 aromatic rings. The number of guanidine groups is 2. The van der Waals surface area contributed by atoms with Gasteiger partial charge in [-0.2, -0.15) is 0 Å². The number of nitrogens with one attached hydrogen (secondary N) is 5. The lowest BCUT2D eigenvalue weighted by Crippen LogP contribution is -2.92. The summed E-state index contributed by atoms with van der Waals surface area (Å²) in [6.45, 7) is 4.50. The van der Waals surface area contributed by atoms with Crippen molar-refractivity contribution in [2.75, 3.05) is 19.7 Å². The van der Waals surface area contributed by atoms with E-state index in [9.17, 15) is 24.2 Å². The Morgan fingerprint density at radius 1 is 1.19 bits per heavy atom. The van der Waals surface area contributed by atoms with E-state index in [0.717, 1.165) is 18.1 Å². The number of amides is 2. The van der Waals surface area contributed by atoms with E-state index >= 15 is 0 Å². The number of ether oxygens (including phenoxy) is 1. The molecule has 0 aromatic heterocycles. The van der Waals surface area contributed by atoms with Crippen molar-refractivity contribution in [3.8, 4) is 5.75 Å². The SMILES string of the molecule is CC1(C)CCOc2c(C(=O)NC3C[N+]4=C(N)N[C@@H](CNC(=O)c5cccc(F)c5)[C@@H]5[NH+]=C(N)N[C@@]54C3(O)O)cccc21. The number of para-hydroxylation sites is 1. The molecular weight excluding hydrogens is 547 g/mol. The summed E-state index contributed by atoms with van der Waals surface area (Å²) in [5.74, 6) is -3.62. The number of halogens is 1. The minimum absolute atomic E-state index is 0.0331. The van der Waals surface area contributed by atoms with Crippen LogP contribution in [0, 0.1) is 5.82 Å². The molecule has 6 rings (SSSR count). The lowest BCUT2D eigenvalue weighted by molar-refractivity contribution is -0.674. The van der Waals surface area contributed by atoms with Crippen LogP contribution in [0.25, 0.3) is 0 Å². The lowest BCUT2D eigenvalue weighted by Gasteiger charge is -2.41. The number of carbonyl (C=O) groups excluding carboxylic acids is 2. The van der Waals surface area contributed by atoms with E-state index in [0.29, 0.717) is 12.4 Å². The number of carbonyl (C=O) groups is 2. The molecule has 4 heterocycles. The quantitative estimate of drug-likeness (QED) is 0.127. The highest BCUT2D eigenvalue weighted by molar-refractivity contribution is 5.98. The molecular formula is C28H35FN8O5+2. The Labute approximate surface area is 240 Å². The highest BCUT2D eigenvalue weighted by Crippen LogP contribution is 2.41. The number of fused-ring (bicyclic) bond motifs is 1. The third-order valence-electron chi connectivity index (χ3n) is 8.79. The van der Waals surface area contributed by atoms with Gasteiger partial charge in [0.1, 0.15) is 23.7 Å². The van der Waals surface area contributed by atoms with Gasteiger partial charge >= 0.3 is 11.9 Å². The molecule has 11 N–H and O–H groups in total. The second-order valence-corrected chi connectivity index (χ2v) is 11.8. The normalized spacial score (nSPS) is 28.2. The highest BCUT2D eigenvalue weighted by Gasteiger charge is 2.78. The number of aliphatic hydroxyl groups is 2. The molecule has 0 saturated carbocycles. The molecule has 0 aliphatic carbocycles. The Balaban J connectivity index is 1.27. The molecule has 222 valence electrons. The monoisotopic (exact) mass is 582 g/mol. The minimum atomic E-state index is -2.60. The molecule has 2 amide bonds. The maximum absolute atomic E-state index is 13.6. The molecule has 4 atom stereocenters. The molecule has 42 heavy (non-hydrogen) atoms. The van der Waals surface area contributed by atoms with E-state index in [1.54, 1.807) is 12.1 Å². The van der Waals surface area contributed by atoms with Gasteiger partial charge in [0.2, 0.25) is 0 Å². The van der Waals surface area contributed by atoms with Crippen molar-refractivity contribution in [2.45, 2.75) is 55.3 Å². The van der Waals surface area contributed by atoms with E-state index in [1.165, 1.54) is 22.8 Å². The number of rotatable bonds is 5. The van der Waals surface area contributed by atoms with Gasteiger partial charge in [0, 0.05) is 11.1 Å². The molecule has 2 aromatic carbocycles. The summed E-state index contributed by atoms with van der Waals surface area (Å²) in [5.41, 5.74) is 11.9. The summed E-state index contributed by atoms with van der Waals surface area (Å²) in [4.78, 5) is 29.3. The zero-order valence-electron chi connectivity index (χ0n) is 23.2. The second-order valence-electron chi connectivity index (χ2n) is 11.8.